The van der Waals surface area contributed by atoms with Gasteiger partial charge in [0.15, 0.2) is 6.04 Å². The average Bonchev–Trinajstić information content (AvgIpc) is 2.42. The van der Waals surface area contributed by atoms with Crippen molar-refractivity contribution in [3.05, 3.63) is 35.4 Å². The van der Waals surface area contributed by atoms with Gasteiger partial charge in [0, 0.05) is 12.1 Å². The number of aliphatic carboxylic acids is 1. The Labute approximate surface area is 125 Å². The Kier molecular flexibility index (Phi) is 4.32. The molecule has 0 saturated heterocycles. The van der Waals surface area contributed by atoms with Crippen LogP contribution < -0.4 is 5.32 Å². The Balaban J connectivity index is 2.20. The minimum absolute atomic E-state index is 0.148. The Bertz CT molecular complexity index is 549. The van der Waals surface area contributed by atoms with Crippen LogP contribution in [0.1, 0.15) is 37.9 Å². The van der Waals surface area contributed by atoms with Crippen LogP contribution in [-0.4, -0.2) is 40.5 Å². The van der Waals surface area contributed by atoms with Gasteiger partial charge < -0.3 is 15.3 Å². The topological polar surface area (TPSA) is 69.6 Å². The number of hydrogen-bond donors (Lipinski definition) is 2. The molecule has 1 aliphatic heterocycles. The van der Waals surface area contributed by atoms with Gasteiger partial charge in [-0.05, 0) is 38.3 Å². The largest absolute Gasteiger partial charge is 0.479 e. The fraction of sp³-hybridized carbons (Fsp3) is 0.500. The Morgan fingerprint density at radius 2 is 2.00 bits per heavy atom. The number of nitrogens with zero attached hydrogens (tertiary/aromatic N) is 1. The summed E-state index contributed by atoms with van der Waals surface area (Å²) >= 11 is 0. The molecule has 1 heterocycles. The lowest BCUT2D eigenvalue weighted by Gasteiger charge is -2.35. The Morgan fingerprint density at radius 1 is 1.33 bits per heavy atom. The van der Waals surface area contributed by atoms with Gasteiger partial charge in [0.25, 0.3) is 0 Å². The van der Waals surface area contributed by atoms with Crippen LogP contribution in [0.3, 0.4) is 0 Å². The molecule has 1 unspecified atom stereocenters. The molecular formula is C16H22N2O3. The van der Waals surface area contributed by atoms with Crippen LogP contribution in [0, 0.1) is 0 Å². The lowest BCUT2D eigenvalue weighted by molar-refractivity contribution is -0.151. The zero-order valence-electron chi connectivity index (χ0n) is 12.7. The quantitative estimate of drug-likeness (QED) is 0.887. The second kappa shape index (κ2) is 5.85. The summed E-state index contributed by atoms with van der Waals surface area (Å²) in [5.74, 6) is -1.15. The number of carbonyl (C=O) groups is 2. The molecule has 2 N–H and O–H groups in total. The number of fused-ring (bicyclic) bond motifs is 1. The zero-order chi connectivity index (χ0) is 15.6. The fourth-order valence-electron chi connectivity index (χ4n) is 2.54. The van der Waals surface area contributed by atoms with Gasteiger partial charge in [-0.25, -0.2) is 4.79 Å². The molecule has 0 fully saturated rings. The van der Waals surface area contributed by atoms with Gasteiger partial charge in [0.1, 0.15) is 0 Å². The van der Waals surface area contributed by atoms with Crippen LogP contribution in [0.5, 0.6) is 0 Å². The summed E-state index contributed by atoms with van der Waals surface area (Å²) in [6.07, 6.45) is 0.696. The molecule has 1 atom stereocenters. The van der Waals surface area contributed by atoms with E-state index in [-0.39, 0.29) is 18.0 Å². The number of carboxylic acid groups (broad SMARTS) is 1. The molecule has 2 rings (SSSR count). The third-order valence-electron chi connectivity index (χ3n) is 3.61. The van der Waals surface area contributed by atoms with Crippen LogP contribution in [0.25, 0.3) is 0 Å². The lowest BCUT2D eigenvalue weighted by atomic mass is 9.92. The predicted octanol–water partition coefficient (Wildman–Crippen LogP) is 1.59. The van der Waals surface area contributed by atoms with Gasteiger partial charge in [0.05, 0.1) is 6.54 Å². The first-order chi connectivity index (χ1) is 9.79. The number of rotatable bonds is 3. The molecule has 0 aromatic heterocycles. The Morgan fingerprint density at radius 3 is 2.62 bits per heavy atom. The number of carboxylic acids is 1. The molecule has 1 aromatic carbocycles. The van der Waals surface area contributed by atoms with Gasteiger partial charge in [-0.2, -0.15) is 0 Å². The van der Waals surface area contributed by atoms with Gasteiger partial charge in [-0.3, -0.25) is 4.79 Å². The van der Waals surface area contributed by atoms with Crippen molar-refractivity contribution in [3.63, 3.8) is 0 Å². The second-order valence-electron chi connectivity index (χ2n) is 6.38. The van der Waals surface area contributed by atoms with Crippen molar-refractivity contribution in [1.82, 2.24) is 10.2 Å². The maximum absolute atomic E-state index is 12.4. The summed E-state index contributed by atoms with van der Waals surface area (Å²) in [6.45, 7) is 6.51. The van der Waals surface area contributed by atoms with Crippen molar-refractivity contribution in [1.29, 1.82) is 0 Å². The zero-order valence-corrected chi connectivity index (χ0v) is 12.7. The van der Waals surface area contributed by atoms with E-state index in [9.17, 15) is 14.7 Å². The summed E-state index contributed by atoms with van der Waals surface area (Å²) in [7, 11) is 0. The SMILES string of the molecule is CC(C)(C)NCC(=O)N1CCc2ccccc2C1C(=O)O. The standard InChI is InChI=1S/C16H22N2O3/c1-16(2,3)17-10-13(19)18-9-8-11-6-4-5-7-12(11)14(18)15(20)21/h4-7,14,17H,8-10H2,1-3H3,(H,20,21). The van der Waals surface area contributed by atoms with Crippen LogP contribution in [0.4, 0.5) is 0 Å². The van der Waals surface area contributed by atoms with Crippen LogP contribution in [0.2, 0.25) is 0 Å². The lowest BCUT2D eigenvalue weighted by Crippen LogP contribution is -2.49. The number of nitrogens with one attached hydrogen (secondary N) is 1. The Hall–Kier alpha value is -1.88. The van der Waals surface area contributed by atoms with Crippen molar-refractivity contribution < 1.29 is 14.7 Å². The molecule has 5 heteroatoms. The average molecular weight is 290 g/mol. The first kappa shape index (κ1) is 15.5. The van der Waals surface area contributed by atoms with E-state index in [4.69, 9.17) is 0 Å². The van der Waals surface area contributed by atoms with Gasteiger partial charge in [-0.15, -0.1) is 0 Å². The molecular weight excluding hydrogens is 268 g/mol. The molecule has 114 valence electrons. The fourth-order valence-corrected chi connectivity index (χ4v) is 2.54. The number of amides is 1. The molecule has 0 spiro atoms. The van der Waals surface area contributed by atoms with Crippen LogP contribution in [0.15, 0.2) is 24.3 Å². The first-order valence-corrected chi connectivity index (χ1v) is 7.15. The first-order valence-electron chi connectivity index (χ1n) is 7.15. The highest BCUT2D eigenvalue weighted by atomic mass is 16.4. The number of hydrogen-bond acceptors (Lipinski definition) is 3. The minimum Gasteiger partial charge on any atom is -0.479 e. The molecule has 21 heavy (non-hydrogen) atoms. The highest BCUT2D eigenvalue weighted by molar-refractivity contribution is 5.86. The molecule has 0 bridgehead atoms. The molecule has 1 aromatic rings. The minimum atomic E-state index is -0.980. The van der Waals surface area contributed by atoms with Crippen molar-refractivity contribution in [3.8, 4) is 0 Å². The van der Waals surface area contributed by atoms with E-state index in [2.05, 4.69) is 5.32 Å². The van der Waals surface area contributed by atoms with E-state index in [0.717, 1.165) is 11.1 Å². The predicted molar refractivity (Wildman–Crippen MR) is 80.0 cm³/mol. The van der Waals surface area contributed by atoms with Gasteiger partial charge >= 0.3 is 5.97 Å². The number of carbonyl (C=O) groups excluding carboxylic acids is 1. The van der Waals surface area contributed by atoms with Crippen molar-refractivity contribution in [2.45, 2.75) is 38.8 Å². The molecule has 1 aliphatic rings. The highest BCUT2D eigenvalue weighted by Gasteiger charge is 2.35. The van der Waals surface area contributed by atoms with E-state index in [1.807, 2.05) is 39.0 Å². The third-order valence-corrected chi connectivity index (χ3v) is 3.61. The summed E-state index contributed by atoms with van der Waals surface area (Å²) in [5.41, 5.74) is 1.56. The highest BCUT2D eigenvalue weighted by Crippen LogP contribution is 2.29. The van der Waals surface area contributed by atoms with Crippen molar-refractivity contribution in [2.75, 3.05) is 13.1 Å². The van der Waals surface area contributed by atoms with E-state index in [1.165, 1.54) is 4.90 Å². The third kappa shape index (κ3) is 3.61. The van der Waals surface area contributed by atoms with Gasteiger partial charge in [0.2, 0.25) is 5.91 Å². The van der Waals surface area contributed by atoms with Crippen molar-refractivity contribution in [2.24, 2.45) is 0 Å². The van der Waals surface area contributed by atoms with Gasteiger partial charge in [-0.1, -0.05) is 24.3 Å². The summed E-state index contributed by atoms with van der Waals surface area (Å²) in [6, 6.07) is 6.56. The second-order valence-corrected chi connectivity index (χ2v) is 6.38. The normalized spacial score (nSPS) is 18.2. The monoisotopic (exact) mass is 290 g/mol. The summed E-state index contributed by atoms with van der Waals surface area (Å²) < 4.78 is 0. The summed E-state index contributed by atoms with van der Waals surface area (Å²) in [5, 5.41) is 12.6. The van der Waals surface area contributed by atoms with Crippen molar-refractivity contribution >= 4 is 11.9 Å². The molecule has 0 saturated carbocycles. The molecule has 1 amide bonds. The van der Waals surface area contributed by atoms with Crippen LogP contribution >= 0.6 is 0 Å². The molecule has 0 aliphatic carbocycles. The van der Waals surface area contributed by atoms with E-state index in [0.29, 0.717) is 13.0 Å². The smallest absolute Gasteiger partial charge is 0.331 e. The number of benzene rings is 1. The maximum Gasteiger partial charge on any atom is 0.331 e. The van der Waals surface area contributed by atoms with E-state index in [1.54, 1.807) is 6.07 Å². The molecule has 5 nitrogen and oxygen atoms in total. The molecule has 0 radical (unpaired) electrons. The van der Waals surface area contributed by atoms with Crippen LogP contribution in [-0.2, 0) is 16.0 Å². The van der Waals surface area contributed by atoms with E-state index < -0.39 is 12.0 Å². The maximum atomic E-state index is 12.4. The summed E-state index contributed by atoms with van der Waals surface area (Å²) in [4.78, 5) is 25.5. The van der Waals surface area contributed by atoms with E-state index >= 15 is 0 Å².